The van der Waals surface area contributed by atoms with Crippen LogP contribution in [0.25, 0.3) is 0 Å². The smallest absolute Gasteiger partial charge is 0.317 e. The average Bonchev–Trinajstić information content (AvgIpc) is 3.45. The van der Waals surface area contributed by atoms with E-state index in [1.54, 1.807) is 0 Å². The van der Waals surface area contributed by atoms with Gasteiger partial charge < -0.3 is 20.3 Å². The Morgan fingerprint density at radius 1 is 1.17 bits per heavy atom. The van der Waals surface area contributed by atoms with Crippen molar-refractivity contribution in [3.63, 3.8) is 0 Å². The highest BCUT2D eigenvalue weighted by atomic mass is 32.1. The fourth-order valence-corrected chi connectivity index (χ4v) is 4.54. The summed E-state index contributed by atoms with van der Waals surface area (Å²) < 4.78 is 5.56. The average molecular weight is 416 g/mol. The van der Waals surface area contributed by atoms with Crippen LogP contribution in [0.3, 0.4) is 0 Å². The van der Waals surface area contributed by atoms with E-state index in [2.05, 4.69) is 20.8 Å². The summed E-state index contributed by atoms with van der Waals surface area (Å²) in [4.78, 5) is 26.7. The molecule has 0 aliphatic carbocycles. The summed E-state index contributed by atoms with van der Waals surface area (Å²) in [6.45, 7) is 2.66. The van der Waals surface area contributed by atoms with E-state index in [-0.39, 0.29) is 24.0 Å². The number of carbonyl (C=O) groups is 2. The zero-order chi connectivity index (χ0) is 20.1. The number of likely N-dealkylation sites (tertiary alicyclic amines) is 1. The Labute approximate surface area is 173 Å². The number of nitrogens with one attached hydrogen (secondary N) is 2. The van der Waals surface area contributed by atoms with E-state index in [1.807, 2.05) is 35.2 Å². The number of amides is 3. The molecule has 9 heteroatoms. The molecule has 2 atom stereocenters. The van der Waals surface area contributed by atoms with Crippen LogP contribution < -0.4 is 10.6 Å². The highest BCUT2D eigenvalue weighted by molar-refractivity contribution is 7.13. The molecule has 154 valence electrons. The quantitative estimate of drug-likeness (QED) is 0.783. The van der Waals surface area contributed by atoms with Crippen molar-refractivity contribution >= 4 is 29.0 Å². The van der Waals surface area contributed by atoms with Crippen molar-refractivity contribution in [3.05, 3.63) is 40.3 Å². The molecule has 2 aromatic rings. The van der Waals surface area contributed by atoms with Gasteiger partial charge in [0.2, 0.25) is 5.01 Å². The number of hydrogen-bond donors (Lipinski definition) is 2. The van der Waals surface area contributed by atoms with Crippen LogP contribution >= 0.6 is 11.3 Å². The fourth-order valence-electron chi connectivity index (χ4n) is 3.68. The van der Waals surface area contributed by atoms with Crippen LogP contribution in [-0.4, -0.2) is 59.4 Å². The number of piperidine rings is 1. The highest BCUT2D eigenvalue weighted by Crippen LogP contribution is 2.29. The minimum Gasteiger partial charge on any atom is -0.376 e. The Balaban J connectivity index is 1.32. The van der Waals surface area contributed by atoms with Gasteiger partial charge in [-0.25, -0.2) is 4.79 Å². The van der Waals surface area contributed by atoms with Crippen molar-refractivity contribution < 1.29 is 14.3 Å². The lowest BCUT2D eigenvalue weighted by Gasteiger charge is -2.31. The molecule has 3 amide bonds. The number of aromatic nitrogens is 2. The minimum absolute atomic E-state index is 0.0586. The lowest BCUT2D eigenvalue weighted by Crippen LogP contribution is -2.46. The van der Waals surface area contributed by atoms with Crippen LogP contribution in [0.2, 0.25) is 0 Å². The third-order valence-electron chi connectivity index (χ3n) is 5.23. The SMILES string of the molecule is O=C(Nc1ccccc1)c1nnc(C2CCCN(C(=O)NCC3CCCO3)C2)s1. The maximum Gasteiger partial charge on any atom is 0.317 e. The third-order valence-corrected chi connectivity index (χ3v) is 6.31. The van der Waals surface area contributed by atoms with Gasteiger partial charge in [0.1, 0.15) is 5.01 Å². The molecule has 3 heterocycles. The number of rotatable bonds is 5. The Morgan fingerprint density at radius 2 is 2.03 bits per heavy atom. The number of carbonyl (C=O) groups excluding carboxylic acids is 2. The predicted molar refractivity (Wildman–Crippen MR) is 110 cm³/mol. The molecular weight excluding hydrogens is 390 g/mol. The predicted octanol–water partition coefficient (Wildman–Crippen LogP) is 2.86. The van der Waals surface area contributed by atoms with Crippen LogP contribution in [0.1, 0.15) is 46.4 Å². The van der Waals surface area contributed by atoms with Gasteiger partial charge >= 0.3 is 6.03 Å². The van der Waals surface area contributed by atoms with E-state index >= 15 is 0 Å². The number of hydrogen-bond acceptors (Lipinski definition) is 6. The van der Waals surface area contributed by atoms with E-state index in [4.69, 9.17) is 4.74 Å². The summed E-state index contributed by atoms with van der Waals surface area (Å²) in [5, 5.41) is 15.3. The summed E-state index contributed by atoms with van der Waals surface area (Å²) in [6, 6.07) is 9.22. The number of para-hydroxylation sites is 1. The number of urea groups is 1. The molecule has 0 bridgehead atoms. The minimum atomic E-state index is -0.262. The topological polar surface area (TPSA) is 96.5 Å². The van der Waals surface area contributed by atoms with Crippen LogP contribution in [0.15, 0.2) is 30.3 Å². The monoisotopic (exact) mass is 415 g/mol. The summed E-state index contributed by atoms with van der Waals surface area (Å²) in [6.07, 6.45) is 4.03. The Kier molecular flexibility index (Phi) is 6.36. The van der Waals surface area contributed by atoms with Gasteiger partial charge in [0.15, 0.2) is 0 Å². The molecule has 2 saturated heterocycles. The van der Waals surface area contributed by atoms with Crippen LogP contribution in [0, 0.1) is 0 Å². The van der Waals surface area contributed by atoms with E-state index in [9.17, 15) is 9.59 Å². The van der Waals surface area contributed by atoms with Crippen LogP contribution in [-0.2, 0) is 4.74 Å². The summed E-state index contributed by atoms with van der Waals surface area (Å²) >= 11 is 1.30. The molecule has 0 radical (unpaired) electrons. The molecule has 0 saturated carbocycles. The van der Waals surface area contributed by atoms with Gasteiger partial charge in [-0.05, 0) is 37.8 Å². The molecular formula is C20H25N5O3S. The molecule has 4 rings (SSSR count). The lowest BCUT2D eigenvalue weighted by molar-refractivity contribution is 0.102. The second-order valence-electron chi connectivity index (χ2n) is 7.37. The molecule has 2 aliphatic heterocycles. The second-order valence-corrected chi connectivity index (χ2v) is 8.38. The van der Waals surface area contributed by atoms with Crippen molar-refractivity contribution in [3.8, 4) is 0 Å². The van der Waals surface area contributed by atoms with Crippen LogP contribution in [0.4, 0.5) is 10.5 Å². The Bertz CT molecular complexity index is 838. The largest absolute Gasteiger partial charge is 0.376 e. The van der Waals surface area contributed by atoms with E-state index in [1.165, 1.54) is 11.3 Å². The zero-order valence-electron chi connectivity index (χ0n) is 16.2. The van der Waals surface area contributed by atoms with Crippen molar-refractivity contribution in [2.45, 2.75) is 37.7 Å². The molecule has 2 N–H and O–H groups in total. The Hall–Kier alpha value is -2.52. The lowest BCUT2D eigenvalue weighted by atomic mass is 9.99. The van der Waals surface area contributed by atoms with Gasteiger partial charge in [0.05, 0.1) is 6.10 Å². The molecule has 0 spiro atoms. The van der Waals surface area contributed by atoms with Gasteiger partial charge in [-0.3, -0.25) is 4.79 Å². The zero-order valence-corrected chi connectivity index (χ0v) is 17.0. The molecule has 2 fully saturated rings. The van der Waals surface area contributed by atoms with Gasteiger partial charge in [-0.1, -0.05) is 29.5 Å². The maximum absolute atomic E-state index is 12.5. The van der Waals surface area contributed by atoms with E-state index in [0.717, 1.165) is 49.5 Å². The van der Waals surface area contributed by atoms with E-state index in [0.29, 0.717) is 18.1 Å². The molecule has 8 nitrogen and oxygen atoms in total. The summed E-state index contributed by atoms with van der Waals surface area (Å²) in [5.74, 6) is -0.157. The first kappa shape index (κ1) is 19.8. The van der Waals surface area contributed by atoms with Crippen molar-refractivity contribution in [1.29, 1.82) is 0 Å². The van der Waals surface area contributed by atoms with Crippen molar-refractivity contribution in [1.82, 2.24) is 20.4 Å². The summed E-state index contributed by atoms with van der Waals surface area (Å²) in [7, 11) is 0. The van der Waals surface area contributed by atoms with Gasteiger partial charge in [0, 0.05) is 37.8 Å². The number of ether oxygens (including phenoxy) is 1. The third kappa shape index (κ3) is 5.10. The molecule has 1 aromatic carbocycles. The Morgan fingerprint density at radius 3 is 2.83 bits per heavy atom. The second kappa shape index (κ2) is 9.32. The van der Waals surface area contributed by atoms with Crippen molar-refractivity contribution in [2.75, 3.05) is 31.6 Å². The highest BCUT2D eigenvalue weighted by Gasteiger charge is 2.28. The fraction of sp³-hybridized carbons (Fsp3) is 0.500. The molecule has 29 heavy (non-hydrogen) atoms. The molecule has 1 aromatic heterocycles. The number of anilines is 1. The summed E-state index contributed by atoms with van der Waals surface area (Å²) in [5.41, 5.74) is 0.723. The van der Waals surface area contributed by atoms with Crippen molar-refractivity contribution in [2.24, 2.45) is 0 Å². The first-order valence-corrected chi connectivity index (χ1v) is 10.8. The first-order chi connectivity index (χ1) is 14.2. The number of benzene rings is 1. The maximum atomic E-state index is 12.5. The van der Waals surface area contributed by atoms with E-state index < -0.39 is 0 Å². The molecule has 2 aliphatic rings. The normalized spacial score (nSPS) is 21.7. The van der Waals surface area contributed by atoms with Gasteiger partial charge in [-0.15, -0.1) is 10.2 Å². The van der Waals surface area contributed by atoms with Crippen LogP contribution in [0.5, 0.6) is 0 Å². The standard InChI is InChI=1S/C20H25N5O3S/c26-17(22-15-7-2-1-3-8-15)19-24-23-18(29-19)14-6-4-10-25(13-14)20(27)21-12-16-9-5-11-28-16/h1-3,7-8,14,16H,4-6,9-13H2,(H,21,27)(H,22,26). The first-order valence-electron chi connectivity index (χ1n) is 10.0. The van der Waals surface area contributed by atoms with Gasteiger partial charge in [-0.2, -0.15) is 0 Å². The molecule has 2 unspecified atom stereocenters. The van der Waals surface area contributed by atoms with Gasteiger partial charge in [0.25, 0.3) is 5.91 Å². The number of nitrogens with zero attached hydrogens (tertiary/aromatic N) is 3.